The number of carbonyl (C=O) groups is 1. The van der Waals surface area contributed by atoms with Crippen molar-refractivity contribution in [1.29, 1.82) is 0 Å². The molecule has 0 aliphatic rings. The van der Waals surface area contributed by atoms with Gasteiger partial charge in [0.05, 0.1) is 5.02 Å². The average molecular weight is 354 g/mol. The van der Waals surface area contributed by atoms with Gasteiger partial charge in [-0.15, -0.1) is 4.99 Å². The summed E-state index contributed by atoms with van der Waals surface area (Å²) in [5, 5.41) is 9.15. The van der Waals surface area contributed by atoms with Crippen LogP contribution in [0.1, 0.15) is 5.56 Å². The number of ether oxygens (including phenoxy) is 1. The minimum Gasteiger partial charge on any atom is -0.477 e. The quantitative estimate of drug-likeness (QED) is 0.662. The second-order valence-corrected chi connectivity index (χ2v) is 5.10. The van der Waals surface area contributed by atoms with E-state index in [1.165, 1.54) is 23.8 Å². The molecule has 7 heteroatoms. The summed E-state index contributed by atoms with van der Waals surface area (Å²) in [6.45, 7) is 2.08. The maximum Gasteiger partial charge on any atom is 0.369 e. The molecule has 1 atom stereocenters. The minimum atomic E-state index is -1.67. The first-order valence-electron chi connectivity index (χ1n) is 6.37. The van der Waals surface area contributed by atoms with Crippen LogP contribution in [0.3, 0.4) is 0 Å². The lowest BCUT2D eigenvalue weighted by Gasteiger charge is -2.10. The Morgan fingerprint density at radius 1 is 1.22 bits per heavy atom. The van der Waals surface area contributed by atoms with Gasteiger partial charge in [-0.1, -0.05) is 59.1 Å². The lowest BCUT2D eigenvalue weighted by atomic mass is 10.2. The van der Waals surface area contributed by atoms with E-state index in [4.69, 9.17) is 33.0 Å². The Labute approximate surface area is 143 Å². The molecule has 0 amide bonds. The summed E-state index contributed by atoms with van der Waals surface area (Å²) < 4.78 is 4.88. The van der Waals surface area contributed by atoms with E-state index < -0.39 is 12.2 Å². The zero-order valence-electron chi connectivity index (χ0n) is 12.1. The van der Waals surface area contributed by atoms with Crippen molar-refractivity contribution in [2.45, 2.75) is 13.2 Å². The van der Waals surface area contributed by atoms with Crippen molar-refractivity contribution in [3.05, 3.63) is 64.1 Å². The van der Waals surface area contributed by atoms with E-state index in [-0.39, 0.29) is 10.8 Å². The van der Waals surface area contributed by atoms with E-state index >= 15 is 0 Å². The summed E-state index contributed by atoms with van der Waals surface area (Å²) in [5.74, 6) is -1.35. The molecule has 1 N–H and O–H groups in total. The number of rotatable bonds is 4. The SMILES string of the molecule is Cc1ccccc1.O=C=NC(Oc1ccc(Cl)cc1Cl)C(=O)O. The number of aliphatic carboxylic acids is 1. The van der Waals surface area contributed by atoms with E-state index in [9.17, 15) is 9.59 Å². The lowest BCUT2D eigenvalue weighted by Crippen LogP contribution is -2.24. The van der Waals surface area contributed by atoms with Gasteiger partial charge in [0, 0.05) is 5.02 Å². The standard InChI is InChI=1S/C9H5Cl2NO4.C7H8/c10-5-1-2-7(6(11)3-5)16-8(9(14)15)12-4-13;1-7-5-3-2-4-6-7/h1-3,8H,(H,14,15);2-6H,1H3. The number of isocyanates is 1. The number of aliphatic imine (C=N–C) groups is 1. The molecule has 2 rings (SSSR count). The first-order valence-corrected chi connectivity index (χ1v) is 7.12. The molecule has 2 aromatic rings. The molecular formula is C16H13Cl2NO4. The summed E-state index contributed by atoms with van der Waals surface area (Å²) in [5.41, 5.74) is 1.32. The molecular weight excluding hydrogens is 341 g/mol. The van der Waals surface area contributed by atoms with Crippen LogP contribution in [0.4, 0.5) is 0 Å². The van der Waals surface area contributed by atoms with Gasteiger partial charge in [0.2, 0.25) is 6.08 Å². The highest BCUT2D eigenvalue weighted by Gasteiger charge is 2.19. The third-order valence-corrected chi connectivity index (χ3v) is 2.98. The molecule has 5 nitrogen and oxygen atoms in total. The molecule has 0 aromatic heterocycles. The molecule has 0 spiro atoms. The van der Waals surface area contributed by atoms with Crippen molar-refractivity contribution in [3.63, 3.8) is 0 Å². The number of hydrogen-bond acceptors (Lipinski definition) is 4. The van der Waals surface area contributed by atoms with Crippen LogP contribution in [0.5, 0.6) is 5.75 Å². The molecule has 0 bridgehead atoms. The van der Waals surface area contributed by atoms with Gasteiger partial charge in [0.25, 0.3) is 6.23 Å². The number of nitrogens with zero attached hydrogens (tertiary/aromatic N) is 1. The Bertz CT molecular complexity index is 698. The van der Waals surface area contributed by atoms with Gasteiger partial charge in [-0.05, 0) is 25.1 Å². The first kappa shape index (κ1) is 18.7. The highest BCUT2D eigenvalue weighted by molar-refractivity contribution is 6.35. The van der Waals surface area contributed by atoms with Crippen LogP contribution in [-0.2, 0) is 9.59 Å². The third kappa shape index (κ3) is 6.98. The number of halogens is 2. The van der Waals surface area contributed by atoms with Crippen LogP contribution >= 0.6 is 23.2 Å². The van der Waals surface area contributed by atoms with E-state index in [0.717, 1.165) is 6.08 Å². The average Bonchev–Trinajstić information content (AvgIpc) is 2.50. The summed E-state index contributed by atoms with van der Waals surface area (Å²) in [7, 11) is 0. The van der Waals surface area contributed by atoms with Gasteiger partial charge in [0.15, 0.2) is 0 Å². The van der Waals surface area contributed by atoms with Crippen molar-refractivity contribution in [2.75, 3.05) is 0 Å². The van der Waals surface area contributed by atoms with Crippen molar-refractivity contribution in [1.82, 2.24) is 0 Å². The number of hydrogen-bond donors (Lipinski definition) is 1. The van der Waals surface area contributed by atoms with Crippen molar-refractivity contribution >= 4 is 35.3 Å². The van der Waals surface area contributed by atoms with Crippen LogP contribution in [0.25, 0.3) is 0 Å². The van der Waals surface area contributed by atoms with Crippen LogP contribution in [0.15, 0.2) is 53.5 Å². The Kier molecular flexibility index (Phi) is 7.84. The van der Waals surface area contributed by atoms with E-state index in [1.807, 2.05) is 18.2 Å². The molecule has 0 saturated heterocycles. The monoisotopic (exact) mass is 353 g/mol. The zero-order valence-corrected chi connectivity index (χ0v) is 13.6. The van der Waals surface area contributed by atoms with Crippen molar-refractivity contribution in [2.24, 2.45) is 4.99 Å². The maximum absolute atomic E-state index is 10.6. The van der Waals surface area contributed by atoms with Gasteiger partial charge in [-0.25, -0.2) is 9.59 Å². The van der Waals surface area contributed by atoms with E-state index in [1.54, 1.807) is 0 Å². The molecule has 23 heavy (non-hydrogen) atoms. The van der Waals surface area contributed by atoms with Gasteiger partial charge < -0.3 is 9.84 Å². The topological polar surface area (TPSA) is 76.0 Å². The fourth-order valence-corrected chi connectivity index (χ4v) is 1.86. The van der Waals surface area contributed by atoms with Crippen molar-refractivity contribution in [3.8, 4) is 5.75 Å². The Hall–Kier alpha value is -2.33. The highest BCUT2D eigenvalue weighted by atomic mass is 35.5. The Balaban J connectivity index is 0.000000313. The molecule has 0 heterocycles. The second-order valence-electron chi connectivity index (χ2n) is 4.26. The van der Waals surface area contributed by atoms with Crippen LogP contribution in [0, 0.1) is 6.92 Å². The van der Waals surface area contributed by atoms with Gasteiger partial charge >= 0.3 is 5.97 Å². The third-order valence-electron chi connectivity index (χ3n) is 2.45. The maximum atomic E-state index is 10.6. The predicted molar refractivity (Wildman–Crippen MR) is 87.8 cm³/mol. The highest BCUT2D eigenvalue weighted by Crippen LogP contribution is 2.28. The molecule has 0 saturated carbocycles. The fourth-order valence-electron chi connectivity index (χ4n) is 1.41. The molecule has 120 valence electrons. The minimum absolute atomic E-state index is 0.0671. The number of benzene rings is 2. The summed E-state index contributed by atoms with van der Waals surface area (Å²) in [6, 6.07) is 14.5. The van der Waals surface area contributed by atoms with Gasteiger partial charge in [-0.3, -0.25) is 0 Å². The number of carboxylic acid groups (broad SMARTS) is 1. The Morgan fingerprint density at radius 3 is 2.30 bits per heavy atom. The Morgan fingerprint density at radius 2 is 1.87 bits per heavy atom. The molecule has 0 radical (unpaired) electrons. The normalized spacial score (nSPS) is 10.6. The number of carbonyl (C=O) groups excluding carboxylic acids is 1. The first-order chi connectivity index (χ1) is 10.9. The number of carboxylic acids is 1. The molecule has 2 aromatic carbocycles. The van der Waals surface area contributed by atoms with Crippen LogP contribution in [-0.4, -0.2) is 23.4 Å². The molecule has 1 unspecified atom stereocenters. The number of aryl methyl sites for hydroxylation is 1. The summed E-state index contributed by atoms with van der Waals surface area (Å²) in [6.07, 6.45) is -0.570. The predicted octanol–water partition coefficient (Wildman–Crippen LogP) is 4.11. The second kappa shape index (κ2) is 9.64. The fraction of sp³-hybridized carbons (Fsp3) is 0.125. The molecule has 0 fully saturated rings. The van der Waals surface area contributed by atoms with Gasteiger partial charge in [-0.2, -0.15) is 0 Å². The molecule has 0 aliphatic carbocycles. The summed E-state index contributed by atoms with van der Waals surface area (Å²) in [4.78, 5) is 23.5. The summed E-state index contributed by atoms with van der Waals surface area (Å²) >= 11 is 11.4. The van der Waals surface area contributed by atoms with Crippen LogP contribution in [0.2, 0.25) is 10.0 Å². The van der Waals surface area contributed by atoms with Crippen LogP contribution < -0.4 is 4.74 Å². The lowest BCUT2D eigenvalue weighted by molar-refractivity contribution is -0.144. The van der Waals surface area contributed by atoms with E-state index in [2.05, 4.69) is 24.0 Å². The largest absolute Gasteiger partial charge is 0.477 e. The zero-order chi connectivity index (χ0) is 17.2. The van der Waals surface area contributed by atoms with Gasteiger partial charge in [0.1, 0.15) is 5.75 Å². The van der Waals surface area contributed by atoms with E-state index in [0.29, 0.717) is 5.02 Å². The van der Waals surface area contributed by atoms with Crippen molar-refractivity contribution < 1.29 is 19.4 Å². The smallest absolute Gasteiger partial charge is 0.369 e. The molecule has 0 aliphatic heterocycles.